The Morgan fingerprint density at radius 1 is 1.09 bits per heavy atom. The summed E-state index contributed by atoms with van der Waals surface area (Å²) < 4.78 is 19.6. The lowest BCUT2D eigenvalue weighted by molar-refractivity contribution is -0.121. The Kier molecular flexibility index (Phi) is 7.63. The van der Waals surface area contributed by atoms with E-state index in [1.54, 1.807) is 33.5 Å². The highest BCUT2D eigenvalue weighted by Crippen LogP contribution is 2.41. The van der Waals surface area contributed by atoms with Crippen molar-refractivity contribution in [3.63, 3.8) is 0 Å². The molecular formula is C24H32N4O5. The molecule has 0 radical (unpaired) electrons. The lowest BCUT2D eigenvalue weighted by Crippen LogP contribution is -2.28. The molecular weight excluding hydrogens is 424 g/mol. The molecule has 9 nitrogen and oxygen atoms in total. The lowest BCUT2D eigenvalue weighted by Gasteiger charge is -2.13. The third-order valence-corrected chi connectivity index (χ3v) is 5.84. The average Bonchev–Trinajstić information content (AvgIpc) is 3.27. The van der Waals surface area contributed by atoms with E-state index in [9.17, 15) is 9.59 Å². The van der Waals surface area contributed by atoms with E-state index in [0.717, 1.165) is 24.1 Å². The summed E-state index contributed by atoms with van der Waals surface area (Å²) in [6.45, 7) is 4.62. The molecule has 3 aromatic rings. The summed E-state index contributed by atoms with van der Waals surface area (Å²) in [6, 6.07) is 5.43. The number of ether oxygens (including phenoxy) is 3. The quantitative estimate of drug-likeness (QED) is 0.471. The van der Waals surface area contributed by atoms with Crippen molar-refractivity contribution in [2.24, 2.45) is 7.05 Å². The minimum atomic E-state index is -0.222. The van der Waals surface area contributed by atoms with Gasteiger partial charge in [-0.2, -0.15) is 9.61 Å². The third kappa shape index (κ3) is 4.81. The molecule has 33 heavy (non-hydrogen) atoms. The Morgan fingerprint density at radius 2 is 1.76 bits per heavy atom. The molecule has 0 bridgehead atoms. The van der Waals surface area contributed by atoms with E-state index >= 15 is 0 Å². The second-order valence-electron chi connectivity index (χ2n) is 7.85. The molecule has 3 rings (SSSR count). The van der Waals surface area contributed by atoms with Gasteiger partial charge in [0, 0.05) is 42.9 Å². The second-order valence-corrected chi connectivity index (χ2v) is 7.85. The van der Waals surface area contributed by atoms with Gasteiger partial charge in [-0.3, -0.25) is 9.59 Å². The molecule has 1 amide bonds. The van der Waals surface area contributed by atoms with E-state index < -0.39 is 0 Å². The highest BCUT2D eigenvalue weighted by Gasteiger charge is 2.19. The van der Waals surface area contributed by atoms with Crippen LogP contribution < -0.4 is 25.1 Å². The molecule has 0 spiro atoms. The van der Waals surface area contributed by atoms with E-state index in [-0.39, 0.29) is 17.9 Å². The van der Waals surface area contributed by atoms with Crippen LogP contribution in [0.15, 0.2) is 23.0 Å². The standard InChI is InChI=1S/C24H32N4O5/c1-7-8-11-25-21(29)10-9-17-15(2)27(3)22-14-18(26-28(22)24(17)30)16-12-19(31-4)23(33-6)20(13-16)32-5/h12-14H,7-11H2,1-6H3,(H,25,29). The Labute approximate surface area is 193 Å². The summed E-state index contributed by atoms with van der Waals surface area (Å²) in [6.07, 6.45) is 2.57. The molecule has 1 aromatic carbocycles. The molecule has 0 unspecified atom stereocenters. The molecule has 2 aromatic heterocycles. The predicted molar refractivity (Wildman–Crippen MR) is 127 cm³/mol. The molecule has 0 aliphatic rings. The molecule has 0 fully saturated rings. The lowest BCUT2D eigenvalue weighted by atomic mass is 10.1. The fraction of sp³-hybridized carbons (Fsp3) is 0.458. The normalized spacial score (nSPS) is 11.0. The molecule has 2 heterocycles. The molecule has 0 aliphatic carbocycles. The van der Waals surface area contributed by atoms with E-state index in [4.69, 9.17) is 14.2 Å². The largest absolute Gasteiger partial charge is 0.493 e. The van der Waals surface area contributed by atoms with Crippen LogP contribution in [0.3, 0.4) is 0 Å². The van der Waals surface area contributed by atoms with Gasteiger partial charge in [-0.15, -0.1) is 0 Å². The van der Waals surface area contributed by atoms with Crippen molar-refractivity contribution in [2.75, 3.05) is 27.9 Å². The van der Waals surface area contributed by atoms with Crippen LogP contribution in [0.2, 0.25) is 0 Å². The summed E-state index contributed by atoms with van der Waals surface area (Å²) in [5.74, 6) is 1.43. The number of aromatic nitrogens is 3. The zero-order chi connectivity index (χ0) is 24.1. The maximum absolute atomic E-state index is 13.3. The summed E-state index contributed by atoms with van der Waals surface area (Å²) in [5.41, 5.74) is 3.14. The Balaban J connectivity index is 2.01. The zero-order valence-electron chi connectivity index (χ0n) is 20.2. The number of amides is 1. The van der Waals surface area contributed by atoms with Crippen molar-refractivity contribution in [3.8, 4) is 28.5 Å². The van der Waals surface area contributed by atoms with Crippen LogP contribution >= 0.6 is 0 Å². The molecule has 1 N–H and O–H groups in total. The van der Waals surface area contributed by atoms with Crippen molar-refractivity contribution >= 4 is 11.6 Å². The fourth-order valence-corrected chi connectivity index (χ4v) is 3.81. The van der Waals surface area contributed by atoms with Crippen molar-refractivity contribution in [1.29, 1.82) is 0 Å². The van der Waals surface area contributed by atoms with Crippen LogP contribution in [0.4, 0.5) is 0 Å². The van der Waals surface area contributed by atoms with Gasteiger partial charge in [0.25, 0.3) is 5.56 Å². The number of nitrogens with zero attached hydrogens (tertiary/aromatic N) is 3. The van der Waals surface area contributed by atoms with Gasteiger partial charge in [0.1, 0.15) is 5.65 Å². The van der Waals surface area contributed by atoms with Gasteiger partial charge in [0.15, 0.2) is 11.5 Å². The number of benzene rings is 1. The van der Waals surface area contributed by atoms with E-state index in [0.29, 0.717) is 47.1 Å². The summed E-state index contributed by atoms with van der Waals surface area (Å²) in [4.78, 5) is 25.4. The zero-order valence-corrected chi connectivity index (χ0v) is 20.2. The van der Waals surface area contributed by atoms with E-state index in [2.05, 4.69) is 17.3 Å². The molecule has 0 saturated carbocycles. The van der Waals surface area contributed by atoms with Crippen molar-refractivity contribution in [2.45, 2.75) is 39.5 Å². The number of nitrogens with one attached hydrogen (secondary N) is 1. The molecule has 0 atom stereocenters. The molecule has 0 saturated heterocycles. The van der Waals surface area contributed by atoms with Crippen molar-refractivity contribution in [1.82, 2.24) is 19.5 Å². The molecule has 0 aliphatic heterocycles. The van der Waals surface area contributed by atoms with Crippen LogP contribution in [0.25, 0.3) is 16.9 Å². The number of carbonyl (C=O) groups excluding carboxylic acids is 1. The van der Waals surface area contributed by atoms with Crippen LogP contribution in [0.5, 0.6) is 17.2 Å². The number of fused-ring (bicyclic) bond motifs is 1. The van der Waals surface area contributed by atoms with Gasteiger partial charge < -0.3 is 24.1 Å². The number of methoxy groups -OCH3 is 3. The molecule has 178 valence electrons. The van der Waals surface area contributed by atoms with Gasteiger partial charge in [-0.05, 0) is 31.9 Å². The minimum Gasteiger partial charge on any atom is -0.493 e. The number of hydrogen-bond acceptors (Lipinski definition) is 6. The minimum absolute atomic E-state index is 0.0522. The van der Waals surface area contributed by atoms with Gasteiger partial charge in [-0.1, -0.05) is 13.3 Å². The predicted octanol–water partition coefficient (Wildman–Crippen LogP) is 2.88. The first-order chi connectivity index (χ1) is 15.9. The SMILES string of the molecule is CCCCNC(=O)CCc1c(C)n(C)c2cc(-c3cc(OC)c(OC)c(OC)c3)nn2c1=O. The molecule has 9 heteroatoms. The maximum atomic E-state index is 13.3. The smallest absolute Gasteiger partial charge is 0.277 e. The first-order valence-electron chi connectivity index (χ1n) is 11.0. The maximum Gasteiger partial charge on any atom is 0.277 e. The van der Waals surface area contributed by atoms with Gasteiger partial charge in [0.2, 0.25) is 11.7 Å². The Hall–Kier alpha value is -3.49. The van der Waals surface area contributed by atoms with Crippen LogP contribution in [0, 0.1) is 6.92 Å². The van der Waals surface area contributed by atoms with Crippen molar-refractivity contribution < 1.29 is 19.0 Å². The van der Waals surface area contributed by atoms with E-state index in [1.165, 1.54) is 4.52 Å². The van der Waals surface area contributed by atoms with Crippen molar-refractivity contribution in [3.05, 3.63) is 39.8 Å². The van der Waals surface area contributed by atoms with E-state index in [1.807, 2.05) is 24.6 Å². The number of hydrogen-bond donors (Lipinski definition) is 1. The topological polar surface area (TPSA) is 96.1 Å². The van der Waals surface area contributed by atoms with Crippen LogP contribution in [-0.2, 0) is 18.3 Å². The average molecular weight is 457 g/mol. The summed E-state index contributed by atoms with van der Waals surface area (Å²) >= 11 is 0. The highest BCUT2D eigenvalue weighted by atomic mass is 16.5. The third-order valence-electron chi connectivity index (χ3n) is 5.84. The number of unbranched alkanes of at least 4 members (excludes halogenated alkanes) is 1. The summed E-state index contributed by atoms with van der Waals surface area (Å²) in [7, 11) is 6.53. The Morgan fingerprint density at radius 3 is 2.33 bits per heavy atom. The van der Waals surface area contributed by atoms with Gasteiger partial charge in [-0.25, -0.2) is 0 Å². The fourth-order valence-electron chi connectivity index (χ4n) is 3.81. The second kappa shape index (κ2) is 10.4. The van der Waals surface area contributed by atoms with Gasteiger partial charge >= 0.3 is 0 Å². The highest BCUT2D eigenvalue weighted by molar-refractivity contribution is 5.76. The van der Waals surface area contributed by atoms with Crippen LogP contribution in [0.1, 0.15) is 37.4 Å². The number of rotatable bonds is 10. The Bertz CT molecular complexity index is 1190. The number of aryl methyl sites for hydroxylation is 1. The monoisotopic (exact) mass is 456 g/mol. The van der Waals surface area contributed by atoms with Gasteiger partial charge in [0.05, 0.1) is 27.0 Å². The summed E-state index contributed by atoms with van der Waals surface area (Å²) in [5, 5.41) is 7.47. The first kappa shape index (κ1) is 24.2. The first-order valence-corrected chi connectivity index (χ1v) is 11.0. The number of carbonyl (C=O) groups is 1. The van der Waals surface area contributed by atoms with Crippen LogP contribution in [-0.4, -0.2) is 48.0 Å².